The molecule has 0 aliphatic carbocycles. The summed E-state index contributed by atoms with van der Waals surface area (Å²) in [5.41, 5.74) is 5.14. The lowest BCUT2D eigenvalue weighted by molar-refractivity contribution is 0.187. The number of rotatable bonds is 6. The van der Waals surface area contributed by atoms with E-state index in [1.54, 1.807) is 18.7 Å². The van der Waals surface area contributed by atoms with Crippen molar-refractivity contribution in [3.05, 3.63) is 20.8 Å². The smallest absolute Gasteiger partial charge is 0.330 e. The van der Waals surface area contributed by atoms with Crippen LogP contribution in [-0.2, 0) is 18.3 Å². The number of imidazole rings is 1. The molecule has 2 rings (SSSR count). The van der Waals surface area contributed by atoms with Gasteiger partial charge in [-0.3, -0.25) is 14.3 Å². The minimum absolute atomic E-state index is 0.315. The van der Waals surface area contributed by atoms with E-state index in [0.717, 1.165) is 0 Å². The summed E-state index contributed by atoms with van der Waals surface area (Å²) in [5.74, 6) is 0.493. The van der Waals surface area contributed by atoms with Gasteiger partial charge in [-0.15, -0.1) is 0 Å². The number of aryl methyl sites for hydroxylation is 1. The number of aromatic amines is 1. The Morgan fingerprint density at radius 3 is 2.85 bits per heavy atom. The molecule has 0 saturated carbocycles. The van der Waals surface area contributed by atoms with Gasteiger partial charge in [0.1, 0.15) is 0 Å². The third-order valence-electron chi connectivity index (χ3n) is 2.96. The van der Waals surface area contributed by atoms with E-state index in [0.29, 0.717) is 43.4 Å². The average Bonchev–Trinajstić information content (AvgIpc) is 2.74. The molecule has 0 unspecified atom stereocenters. The maximum Gasteiger partial charge on any atom is 0.330 e. The zero-order valence-corrected chi connectivity index (χ0v) is 11.5. The summed E-state index contributed by atoms with van der Waals surface area (Å²) in [6, 6.07) is 0. The molecular formula is C11H18N6O3. The summed E-state index contributed by atoms with van der Waals surface area (Å²) in [6.07, 6.45) is 0. The molecule has 0 bridgehead atoms. The molecule has 0 aromatic carbocycles. The van der Waals surface area contributed by atoms with Crippen molar-refractivity contribution in [2.45, 2.75) is 6.54 Å². The highest BCUT2D eigenvalue weighted by atomic mass is 16.5. The molecule has 0 amide bonds. The molecular weight excluding hydrogens is 264 g/mol. The van der Waals surface area contributed by atoms with E-state index >= 15 is 0 Å². The predicted molar refractivity (Wildman–Crippen MR) is 75.0 cm³/mol. The van der Waals surface area contributed by atoms with Crippen LogP contribution in [0.1, 0.15) is 0 Å². The van der Waals surface area contributed by atoms with Gasteiger partial charge in [0, 0.05) is 27.2 Å². The first-order valence-corrected chi connectivity index (χ1v) is 6.22. The van der Waals surface area contributed by atoms with Gasteiger partial charge in [-0.25, -0.2) is 4.79 Å². The lowest BCUT2D eigenvalue weighted by Crippen LogP contribution is -2.32. The van der Waals surface area contributed by atoms with Gasteiger partial charge < -0.3 is 20.4 Å². The third kappa shape index (κ3) is 2.45. The summed E-state index contributed by atoms with van der Waals surface area (Å²) in [7, 11) is 3.25. The quantitative estimate of drug-likeness (QED) is 0.589. The number of aromatic nitrogens is 4. The fourth-order valence-corrected chi connectivity index (χ4v) is 1.98. The second-order valence-corrected chi connectivity index (χ2v) is 4.29. The number of H-pyrrole nitrogens is 1. The molecule has 0 aliphatic rings. The Labute approximate surface area is 114 Å². The van der Waals surface area contributed by atoms with Crippen LogP contribution in [0.2, 0.25) is 0 Å². The minimum atomic E-state index is -0.497. The number of anilines is 1. The van der Waals surface area contributed by atoms with Gasteiger partial charge >= 0.3 is 5.69 Å². The van der Waals surface area contributed by atoms with Crippen molar-refractivity contribution in [1.29, 1.82) is 0 Å². The van der Waals surface area contributed by atoms with Gasteiger partial charge in [-0.05, 0) is 0 Å². The number of methoxy groups -OCH3 is 1. The van der Waals surface area contributed by atoms with Crippen molar-refractivity contribution in [3.8, 4) is 0 Å². The number of nitrogens with zero attached hydrogens (tertiary/aromatic N) is 3. The molecule has 9 nitrogen and oxygen atoms in total. The van der Waals surface area contributed by atoms with Crippen LogP contribution in [0.15, 0.2) is 9.59 Å². The first-order valence-electron chi connectivity index (χ1n) is 6.22. The second kappa shape index (κ2) is 5.88. The van der Waals surface area contributed by atoms with E-state index in [4.69, 9.17) is 10.5 Å². The van der Waals surface area contributed by atoms with Crippen LogP contribution in [0.4, 0.5) is 5.95 Å². The van der Waals surface area contributed by atoms with E-state index in [2.05, 4.69) is 15.3 Å². The molecule has 110 valence electrons. The van der Waals surface area contributed by atoms with Gasteiger partial charge in [0.15, 0.2) is 11.2 Å². The van der Waals surface area contributed by atoms with Gasteiger partial charge in [-0.1, -0.05) is 0 Å². The highest BCUT2D eigenvalue weighted by Gasteiger charge is 2.15. The fraction of sp³-hybridized carbons (Fsp3) is 0.545. The summed E-state index contributed by atoms with van der Waals surface area (Å²) in [5, 5.41) is 3.01. The number of nitrogens with one attached hydrogen (secondary N) is 2. The molecule has 0 fully saturated rings. The van der Waals surface area contributed by atoms with Gasteiger partial charge in [0.05, 0.1) is 13.2 Å². The summed E-state index contributed by atoms with van der Waals surface area (Å²) in [6.45, 7) is 1.63. The van der Waals surface area contributed by atoms with Crippen LogP contribution < -0.4 is 22.3 Å². The SMILES string of the molecule is COCCn1c(=O)[nH]c(=O)c2c1nc(NCCN)n2C. The number of ether oxygens (including phenoxy) is 1. The van der Waals surface area contributed by atoms with Crippen LogP contribution in [0.3, 0.4) is 0 Å². The molecule has 0 aliphatic heterocycles. The maximum atomic E-state index is 11.9. The first kappa shape index (κ1) is 14.3. The lowest BCUT2D eigenvalue weighted by atomic mass is 10.5. The number of hydrogen-bond donors (Lipinski definition) is 3. The van der Waals surface area contributed by atoms with E-state index in [9.17, 15) is 9.59 Å². The van der Waals surface area contributed by atoms with Crippen LogP contribution in [0, 0.1) is 0 Å². The Balaban J connectivity index is 2.62. The topological polar surface area (TPSA) is 120 Å². The van der Waals surface area contributed by atoms with Crippen LogP contribution in [0.5, 0.6) is 0 Å². The Morgan fingerprint density at radius 1 is 1.45 bits per heavy atom. The van der Waals surface area contributed by atoms with Crippen molar-refractivity contribution in [1.82, 2.24) is 19.1 Å². The second-order valence-electron chi connectivity index (χ2n) is 4.29. The molecule has 2 aromatic heterocycles. The van der Waals surface area contributed by atoms with E-state index < -0.39 is 11.2 Å². The Kier molecular flexibility index (Phi) is 4.20. The molecule has 20 heavy (non-hydrogen) atoms. The molecule has 2 heterocycles. The monoisotopic (exact) mass is 282 g/mol. The minimum Gasteiger partial charge on any atom is -0.383 e. The Bertz CT molecular complexity index is 713. The normalized spacial score (nSPS) is 11.2. The molecule has 4 N–H and O–H groups in total. The summed E-state index contributed by atoms with van der Waals surface area (Å²) < 4.78 is 7.95. The average molecular weight is 282 g/mol. The van der Waals surface area contributed by atoms with Crippen molar-refractivity contribution in [3.63, 3.8) is 0 Å². The molecule has 9 heteroatoms. The third-order valence-corrected chi connectivity index (χ3v) is 2.96. The highest BCUT2D eigenvalue weighted by Crippen LogP contribution is 2.12. The standard InChI is InChI=1S/C11H18N6O3/c1-16-7-8(14-10(16)13-4-3-12)17(5-6-20-2)11(19)15-9(7)18/h3-6,12H2,1-2H3,(H,13,14)(H,15,18,19). The van der Waals surface area contributed by atoms with Gasteiger partial charge in [0.2, 0.25) is 5.95 Å². The zero-order chi connectivity index (χ0) is 14.7. The lowest BCUT2D eigenvalue weighted by Gasteiger charge is -2.04. The molecule has 0 spiro atoms. The largest absolute Gasteiger partial charge is 0.383 e. The van der Waals surface area contributed by atoms with Crippen molar-refractivity contribution in [2.75, 3.05) is 32.1 Å². The highest BCUT2D eigenvalue weighted by molar-refractivity contribution is 5.73. The fourth-order valence-electron chi connectivity index (χ4n) is 1.98. The Morgan fingerprint density at radius 2 is 2.20 bits per heavy atom. The van der Waals surface area contributed by atoms with Crippen LogP contribution >= 0.6 is 0 Å². The Hall–Kier alpha value is -2.13. The van der Waals surface area contributed by atoms with Crippen molar-refractivity contribution >= 4 is 17.1 Å². The van der Waals surface area contributed by atoms with Crippen LogP contribution in [0.25, 0.3) is 11.2 Å². The first-order chi connectivity index (χ1) is 9.60. The van der Waals surface area contributed by atoms with Gasteiger partial charge in [0.25, 0.3) is 5.56 Å². The molecule has 2 aromatic rings. The number of nitrogens with two attached hydrogens (primary N) is 1. The number of hydrogen-bond acceptors (Lipinski definition) is 6. The van der Waals surface area contributed by atoms with E-state index in [1.807, 2.05) is 0 Å². The van der Waals surface area contributed by atoms with Crippen molar-refractivity contribution < 1.29 is 4.74 Å². The van der Waals surface area contributed by atoms with E-state index in [1.165, 1.54) is 4.57 Å². The summed E-state index contributed by atoms with van der Waals surface area (Å²) >= 11 is 0. The maximum absolute atomic E-state index is 11.9. The van der Waals surface area contributed by atoms with Crippen molar-refractivity contribution in [2.24, 2.45) is 12.8 Å². The molecule has 0 saturated heterocycles. The summed E-state index contributed by atoms with van der Waals surface area (Å²) in [4.78, 5) is 30.4. The van der Waals surface area contributed by atoms with Gasteiger partial charge in [-0.2, -0.15) is 4.98 Å². The predicted octanol–water partition coefficient (Wildman–Crippen LogP) is -1.56. The zero-order valence-electron chi connectivity index (χ0n) is 11.5. The molecule has 0 radical (unpaired) electrons. The van der Waals surface area contributed by atoms with Crippen LogP contribution in [-0.4, -0.2) is 45.9 Å². The van der Waals surface area contributed by atoms with E-state index in [-0.39, 0.29) is 0 Å². The molecule has 0 atom stereocenters. The number of fused-ring (bicyclic) bond motifs is 1.